The number of carbonyl (C=O) groups excluding carboxylic acids is 1. The van der Waals surface area contributed by atoms with Crippen LogP contribution in [-0.4, -0.2) is 43.7 Å². The van der Waals surface area contributed by atoms with E-state index in [1.165, 1.54) is 0 Å². The maximum absolute atomic E-state index is 11.8. The molecule has 22 heavy (non-hydrogen) atoms. The van der Waals surface area contributed by atoms with Gasteiger partial charge >= 0.3 is 6.03 Å². The second-order valence-corrected chi connectivity index (χ2v) is 5.11. The quantitative estimate of drug-likeness (QED) is 0.652. The summed E-state index contributed by atoms with van der Waals surface area (Å²) in [7, 11) is 0. The van der Waals surface area contributed by atoms with Gasteiger partial charge in [-0.3, -0.25) is 0 Å². The Morgan fingerprint density at radius 3 is 2.59 bits per heavy atom. The first kappa shape index (κ1) is 18.3. The highest BCUT2D eigenvalue weighted by atomic mass is 16.5. The van der Waals surface area contributed by atoms with Crippen molar-refractivity contribution in [2.45, 2.75) is 33.6 Å². The topological polar surface area (TPSA) is 53.6 Å². The summed E-state index contributed by atoms with van der Waals surface area (Å²) >= 11 is 0. The van der Waals surface area contributed by atoms with Crippen LogP contribution in [0.25, 0.3) is 0 Å². The van der Waals surface area contributed by atoms with Crippen molar-refractivity contribution in [2.24, 2.45) is 0 Å². The molecule has 5 nitrogen and oxygen atoms in total. The molecule has 0 aromatic heterocycles. The Hall–Kier alpha value is -1.75. The highest BCUT2D eigenvalue weighted by Crippen LogP contribution is 2.23. The first-order valence-electron chi connectivity index (χ1n) is 8.20. The van der Waals surface area contributed by atoms with Crippen LogP contribution in [0.4, 0.5) is 10.5 Å². The molecule has 0 saturated carbocycles. The zero-order valence-corrected chi connectivity index (χ0v) is 14.0. The van der Waals surface area contributed by atoms with Crippen LogP contribution in [0.3, 0.4) is 0 Å². The number of hydrogen-bond acceptors (Lipinski definition) is 3. The summed E-state index contributed by atoms with van der Waals surface area (Å²) in [6, 6.07) is 7.34. The number of hydrogen-bond donors (Lipinski definition) is 2. The third-order valence-corrected chi connectivity index (χ3v) is 3.51. The molecule has 0 unspecified atom stereocenters. The van der Waals surface area contributed by atoms with Crippen molar-refractivity contribution in [3.05, 3.63) is 24.3 Å². The highest BCUT2D eigenvalue weighted by Gasteiger charge is 2.07. The number of amides is 2. The lowest BCUT2D eigenvalue weighted by Gasteiger charge is -2.19. The van der Waals surface area contributed by atoms with E-state index in [-0.39, 0.29) is 6.03 Å². The Balaban J connectivity index is 2.49. The van der Waals surface area contributed by atoms with Crippen LogP contribution >= 0.6 is 0 Å². The maximum atomic E-state index is 11.8. The smallest absolute Gasteiger partial charge is 0.319 e. The normalized spacial score (nSPS) is 10.5. The number of para-hydroxylation sites is 2. The van der Waals surface area contributed by atoms with Crippen LogP contribution in [-0.2, 0) is 0 Å². The van der Waals surface area contributed by atoms with E-state index in [1.807, 2.05) is 24.3 Å². The molecular formula is C17H29N3O2. The zero-order chi connectivity index (χ0) is 16.2. The predicted octanol–water partition coefficient (Wildman–Crippen LogP) is 3.33. The van der Waals surface area contributed by atoms with E-state index >= 15 is 0 Å². The number of nitrogens with zero attached hydrogens (tertiary/aromatic N) is 1. The van der Waals surface area contributed by atoms with Gasteiger partial charge in [-0.2, -0.15) is 0 Å². The van der Waals surface area contributed by atoms with Crippen molar-refractivity contribution < 1.29 is 9.53 Å². The fraction of sp³-hybridized carbons (Fsp3) is 0.588. The number of ether oxygens (including phenoxy) is 1. The van der Waals surface area contributed by atoms with Crippen molar-refractivity contribution in [1.29, 1.82) is 0 Å². The van der Waals surface area contributed by atoms with Crippen LogP contribution in [0.1, 0.15) is 33.6 Å². The number of nitrogens with one attached hydrogen (secondary N) is 2. The Kier molecular flexibility index (Phi) is 9.07. The van der Waals surface area contributed by atoms with Gasteiger partial charge in [-0.05, 0) is 31.6 Å². The summed E-state index contributed by atoms with van der Waals surface area (Å²) in [5, 5.41) is 5.68. The van der Waals surface area contributed by atoms with Gasteiger partial charge in [0.15, 0.2) is 0 Å². The van der Waals surface area contributed by atoms with Crippen LogP contribution in [0.5, 0.6) is 5.75 Å². The van der Waals surface area contributed by atoms with E-state index < -0.39 is 0 Å². The zero-order valence-electron chi connectivity index (χ0n) is 14.0. The van der Waals surface area contributed by atoms with Gasteiger partial charge in [-0.15, -0.1) is 0 Å². The second-order valence-electron chi connectivity index (χ2n) is 5.11. The molecule has 2 N–H and O–H groups in total. The molecule has 0 aliphatic rings. The summed E-state index contributed by atoms with van der Waals surface area (Å²) < 4.78 is 5.81. The van der Waals surface area contributed by atoms with Crippen LogP contribution in [0, 0.1) is 0 Å². The molecule has 0 fully saturated rings. The van der Waals surface area contributed by atoms with Gasteiger partial charge in [0.25, 0.3) is 0 Å². The maximum Gasteiger partial charge on any atom is 0.319 e. The number of unbranched alkanes of at least 4 members (excludes halogenated alkanes) is 1. The van der Waals surface area contributed by atoms with Gasteiger partial charge < -0.3 is 20.3 Å². The lowest BCUT2D eigenvalue weighted by atomic mass is 10.3. The molecule has 0 radical (unpaired) electrons. The van der Waals surface area contributed by atoms with Gasteiger partial charge in [-0.1, -0.05) is 39.3 Å². The number of urea groups is 1. The number of anilines is 1. The third-order valence-electron chi connectivity index (χ3n) is 3.51. The fourth-order valence-corrected chi connectivity index (χ4v) is 2.07. The molecule has 0 atom stereocenters. The molecule has 5 heteroatoms. The number of carbonyl (C=O) groups is 1. The summed E-state index contributed by atoms with van der Waals surface area (Å²) in [6.45, 7) is 10.6. The summed E-state index contributed by atoms with van der Waals surface area (Å²) in [4.78, 5) is 14.1. The highest BCUT2D eigenvalue weighted by molar-refractivity contribution is 5.90. The van der Waals surface area contributed by atoms with Crippen molar-refractivity contribution in [1.82, 2.24) is 10.2 Å². The van der Waals surface area contributed by atoms with E-state index in [0.717, 1.165) is 32.5 Å². The summed E-state index contributed by atoms with van der Waals surface area (Å²) in [5.41, 5.74) is 0.705. The first-order valence-corrected chi connectivity index (χ1v) is 8.20. The van der Waals surface area contributed by atoms with E-state index in [2.05, 4.69) is 36.3 Å². The third kappa shape index (κ3) is 6.80. The minimum absolute atomic E-state index is 0.187. The lowest BCUT2D eigenvalue weighted by Crippen LogP contribution is -2.30. The Bertz CT molecular complexity index is 434. The molecule has 0 bridgehead atoms. The minimum Gasteiger partial charge on any atom is -0.490 e. The van der Waals surface area contributed by atoms with Crippen LogP contribution in [0.15, 0.2) is 24.3 Å². The number of rotatable bonds is 10. The van der Waals surface area contributed by atoms with E-state index in [4.69, 9.17) is 4.74 Å². The Morgan fingerprint density at radius 1 is 1.18 bits per heavy atom. The molecule has 1 aromatic carbocycles. The molecule has 0 aliphatic heterocycles. The van der Waals surface area contributed by atoms with E-state index in [0.29, 0.717) is 24.6 Å². The summed E-state index contributed by atoms with van der Waals surface area (Å²) in [6.07, 6.45) is 2.04. The number of benzene rings is 1. The van der Waals surface area contributed by atoms with Crippen molar-refractivity contribution in [3.63, 3.8) is 0 Å². The average molecular weight is 307 g/mol. The van der Waals surface area contributed by atoms with Crippen molar-refractivity contribution in [2.75, 3.05) is 38.1 Å². The van der Waals surface area contributed by atoms with Crippen LogP contribution in [0.2, 0.25) is 0 Å². The van der Waals surface area contributed by atoms with Crippen LogP contribution < -0.4 is 15.4 Å². The molecule has 1 aromatic rings. The fourth-order valence-electron chi connectivity index (χ4n) is 2.07. The Morgan fingerprint density at radius 2 is 1.91 bits per heavy atom. The monoisotopic (exact) mass is 307 g/mol. The molecule has 0 aliphatic carbocycles. The SMILES string of the molecule is CCCCNC(=O)Nc1ccccc1OCCN(CC)CC. The standard InChI is InChI=1S/C17H29N3O2/c1-4-7-12-18-17(21)19-15-10-8-9-11-16(15)22-14-13-20(5-2)6-3/h8-11H,4-7,12-14H2,1-3H3,(H2,18,19,21). The minimum atomic E-state index is -0.187. The Labute approximate surface area is 134 Å². The summed E-state index contributed by atoms with van der Waals surface area (Å²) in [5.74, 6) is 0.709. The molecule has 1 rings (SSSR count). The van der Waals surface area contributed by atoms with Gasteiger partial charge in [0.05, 0.1) is 5.69 Å². The molecule has 0 spiro atoms. The molecule has 124 valence electrons. The van der Waals surface area contributed by atoms with Crippen molar-refractivity contribution >= 4 is 11.7 Å². The van der Waals surface area contributed by atoms with E-state index in [1.54, 1.807) is 0 Å². The van der Waals surface area contributed by atoms with Gasteiger partial charge in [-0.25, -0.2) is 4.79 Å². The molecule has 0 saturated heterocycles. The van der Waals surface area contributed by atoms with E-state index in [9.17, 15) is 4.79 Å². The predicted molar refractivity (Wildman–Crippen MR) is 91.7 cm³/mol. The number of likely N-dealkylation sites (N-methyl/N-ethyl adjacent to an activating group) is 1. The largest absolute Gasteiger partial charge is 0.490 e. The average Bonchev–Trinajstić information content (AvgIpc) is 2.53. The molecular weight excluding hydrogens is 278 g/mol. The van der Waals surface area contributed by atoms with Crippen molar-refractivity contribution in [3.8, 4) is 5.75 Å². The molecule has 2 amide bonds. The molecule has 0 heterocycles. The second kappa shape index (κ2) is 10.9. The van der Waals surface area contributed by atoms with Gasteiger partial charge in [0.1, 0.15) is 12.4 Å². The lowest BCUT2D eigenvalue weighted by molar-refractivity contribution is 0.223. The first-order chi connectivity index (χ1) is 10.7. The van der Waals surface area contributed by atoms with Gasteiger partial charge in [0, 0.05) is 13.1 Å². The van der Waals surface area contributed by atoms with Gasteiger partial charge in [0.2, 0.25) is 0 Å².